The molecule has 2 aromatic carbocycles. The van der Waals surface area contributed by atoms with Crippen LogP contribution >= 0.6 is 0 Å². The second-order valence-electron chi connectivity index (χ2n) is 9.63. The number of carbonyl (C=O) groups excluding carboxylic acids is 1. The predicted octanol–water partition coefficient (Wildman–Crippen LogP) is 4.17. The summed E-state index contributed by atoms with van der Waals surface area (Å²) in [5.41, 5.74) is 3.64. The van der Waals surface area contributed by atoms with Crippen molar-refractivity contribution in [3.05, 3.63) is 67.5 Å². The predicted molar refractivity (Wildman–Crippen MR) is 165 cm³/mol. The Morgan fingerprint density at radius 2 is 1.88 bits per heavy atom. The monoisotopic (exact) mass is 577 g/mol. The summed E-state index contributed by atoms with van der Waals surface area (Å²) in [6.07, 6.45) is 4.40. The average molecular weight is 578 g/mol. The van der Waals surface area contributed by atoms with Crippen LogP contribution in [0.1, 0.15) is 6.92 Å². The number of hydrogen-bond acceptors (Lipinski definition) is 9. The van der Waals surface area contributed by atoms with Crippen LogP contribution in [0.2, 0.25) is 0 Å². The van der Waals surface area contributed by atoms with E-state index in [0.717, 1.165) is 17.6 Å². The zero-order valence-electron chi connectivity index (χ0n) is 23.9. The van der Waals surface area contributed by atoms with Crippen molar-refractivity contribution in [2.75, 3.05) is 62.6 Å². The van der Waals surface area contributed by atoms with Crippen molar-refractivity contribution in [3.63, 3.8) is 0 Å². The molecule has 11 nitrogen and oxygen atoms in total. The summed E-state index contributed by atoms with van der Waals surface area (Å²) in [5.74, 6) is 0.408. The van der Waals surface area contributed by atoms with Crippen molar-refractivity contribution in [1.82, 2.24) is 18.8 Å². The number of methoxy groups -OCH3 is 1. The van der Waals surface area contributed by atoms with Gasteiger partial charge in [0.15, 0.2) is 0 Å². The largest absolute Gasteiger partial charge is 0.494 e. The number of fused-ring (bicyclic) bond motifs is 1. The summed E-state index contributed by atoms with van der Waals surface area (Å²) in [7, 11) is 3.97. The molecular weight excluding hydrogens is 542 g/mol. The lowest BCUT2D eigenvalue weighted by atomic mass is 10.1. The first-order valence-corrected chi connectivity index (χ1v) is 14.6. The number of para-hydroxylation sites is 1. The summed E-state index contributed by atoms with van der Waals surface area (Å²) < 4.78 is 32.5. The standard InChI is InChI=1S/C29H35N7O4S/c1-7-28(37)31-23-17-24(27(40-6)18-26(23)35(5)16-15-34(3)4)33-29-30-14-13-22(32-29)21-19-36(41(38,39)8-2)25-12-10-9-11-20(21)25/h7,9-14,17-19H,1,8,15-16H2,2-6H3,(H,31,37)(H,30,32,33). The third-order valence-electron chi connectivity index (χ3n) is 6.58. The van der Waals surface area contributed by atoms with E-state index in [4.69, 9.17) is 9.72 Å². The van der Waals surface area contributed by atoms with Crippen molar-refractivity contribution >= 4 is 49.8 Å². The van der Waals surface area contributed by atoms with Crippen molar-refractivity contribution in [3.8, 4) is 17.0 Å². The van der Waals surface area contributed by atoms with Gasteiger partial charge in [-0.25, -0.2) is 22.4 Å². The van der Waals surface area contributed by atoms with Crippen LogP contribution in [0, 0.1) is 0 Å². The van der Waals surface area contributed by atoms with E-state index >= 15 is 0 Å². The summed E-state index contributed by atoms with van der Waals surface area (Å²) in [4.78, 5) is 25.4. The molecule has 2 aromatic heterocycles. The maximum atomic E-state index is 12.8. The number of ether oxygens (including phenoxy) is 1. The fraction of sp³-hybridized carbons (Fsp3) is 0.276. The molecule has 4 rings (SSSR count). The minimum absolute atomic E-state index is 0.0352. The molecule has 2 heterocycles. The summed E-state index contributed by atoms with van der Waals surface area (Å²) in [6.45, 7) is 6.70. The lowest BCUT2D eigenvalue weighted by Crippen LogP contribution is -2.29. The van der Waals surface area contributed by atoms with Crippen LogP contribution in [0.4, 0.5) is 23.0 Å². The zero-order valence-corrected chi connectivity index (χ0v) is 24.7. The van der Waals surface area contributed by atoms with E-state index in [0.29, 0.717) is 40.4 Å². The molecule has 0 saturated carbocycles. The molecule has 1 amide bonds. The molecule has 0 fully saturated rings. The first-order chi connectivity index (χ1) is 19.6. The molecule has 0 saturated heterocycles. The van der Waals surface area contributed by atoms with Gasteiger partial charge in [-0.1, -0.05) is 24.8 Å². The minimum Gasteiger partial charge on any atom is -0.494 e. The fourth-order valence-electron chi connectivity index (χ4n) is 4.32. The molecule has 0 spiro atoms. The molecule has 0 aliphatic rings. The van der Waals surface area contributed by atoms with Gasteiger partial charge in [-0.2, -0.15) is 0 Å². The highest BCUT2D eigenvalue weighted by molar-refractivity contribution is 7.90. The van der Waals surface area contributed by atoms with Crippen LogP contribution in [0.3, 0.4) is 0 Å². The van der Waals surface area contributed by atoms with Crippen molar-refractivity contribution in [1.29, 1.82) is 0 Å². The third kappa shape index (κ3) is 6.50. The van der Waals surface area contributed by atoms with Gasteiger partial charge >= 0.3 is 0 Å². The summed E-state index contributed by atoms with van der Waals surface area (Å²) >= 11 is 0. The van der Waals surface area contributed by atoms with E-state index in [1.54, 1.807) is 50.7 Å². The number of carbonyl (C=O) groups is 1. The first kappa shape index (κ1) is 29.6. The number of hydrogen-bond donors (Lipinski definition) is 2. The molecule has 0 radical (unpaired) electrons. The third-order valence-corrected chi connectivity index (χ3v) is 8.21. The van der Waals surface area contributed by atoms with Crippen LogP contribution in [-0.4, -0.2) is 80.3 Å². The number of amides is 1. The smallest absolute Gasteiger partial charge is 0.247 e. The molecule has 12 heteroatoms. The van der Waals surface area contributed by atoms with Gasteiger partial charge in [-0.15, -0.1) is 0 Å². The van der Waals surface area contributed by atoms with Gasteiger partial charge in [-0.3, -0.25) is 4.79 Å². The molecule has 41 heavy (non-hydrogen) atoms. The minimum atomic E-state index is -3.52. The SMILES string of the molecule is C=CC(=O)Nc1cc(Nc2nccc(-c3cn(S(=O)(=O)CC)c4ccccc34)n2)c(OC)cc1N(C)CCN(C)C. The topological polar surface area (TPSA) is 122 Å². The van der Waals surface area contributed by atoms with Gasteiger partial charge in [0, 0.05) is 49.5 Å². The Hall–Kier alpha value is -4.42. The van der Waals surface area contributed by atoms with Gasteiger partial charge < -0.3 is 25.2 Å². The Kier molecular flexibility index (Phi) is 8.94. The van der Waals surface area contributed by atoms with E-state index in [9.17, 15) is 13.2 Å². The van der Waals surface area contributed by atoms with Gasteiger partial charge in [0.25, 0.3) is 0 Å². The Bertz CT molecular complexity index is 1680. The van der Waals surface area contributed by atoms with E-state index < -0.39 is 10.0 Å². The highest BCUT2D eigenvalue weighted by Crippen LogP contribution is 2.38. The number of anilines is 4. The molecule has 0 bridgehead atoms. The summed E-state index contributed by atoms with van der Waals surface area (Å²) in [5, 5.41) is 6.84. The molecule has 4 aromatic rings. The second-order valence-corrected chi connectivity index (χ2v) is 11.8. The maximum Gasteiger partial charge on any atom is 0.247 e. The molecular formula is C29H35N7O4S. The van der Waals surface area contributed by atoms with Crippen LogP contribution in [0.15, 0.2) is 67.5 Å². The van der Waals surface area contributed by atoms with Crippen LogP contribution in [0.25, 0.3) is 22.2 Å². The van der Waals surface area contributed by atoms with E-state index in [-0.39, 0.29) is 17.6 Å². The molecule has 0 atom stereocenters. The number of benzene rings is 2. The molecule has 0 aliphatic carbocycles. The zero-order chi connectivity index (χ0) is 29.7. The van der Waals surface area contributed by atoms with E-state index in [1.807, 2.05) is 44.2 Å². The fourth-order valence-corrected chi connectivity index (χ4v) is 5.32. The second kappa shape index (κ2) is 12.4. The van der Waals surface area contributed by atoms with E-state index in [2.05, 4.69) is 27.1 Å². The molecule has 0 aliphatic heterocycles. The average Bonchev–Trinajstić information content (AvgIpc) is 3.37. The number of nitrogens with zero attached hydrogens (tertiary/aromatic N) is 5. The van der Waals surface area contributed by atoms with Crippen molar-refractivity contribution < 1.29 is 17.9 Å². The van der Waals surface area contributed by atoms with Crippen LogP contribution in [-0.2, 0) is 14.8 Å². The molecule has 0 unspecified atom stereocenters. The van der Waals surface area contributed by atoms with Crippen LogP contribution < -0.4 is 20.3 Å². The number of rotatable bonds is 12. The highest BCUT2D eigenvalue weighted by atomic mass is 32.2. The van der Waals surface area contributed by atoms with Gasteiger partial charge in [0.05, 0.1) is 41.1 Å². The van der Waals surface area contributed by atoms with Crippen molar-refractivity contribution in [2.24, 2.45) is 0 Å². The quantitative estimate of drug-likeness (QED) is 0.239. The van der Waals surface area contributed by atoms with Crippen LogP contribution in [0.5, 0.6) is 5.75 Å². The van der Waals surface area contributed by atoms with Crippen molar-refractivity contribution in [2.45, 2.75) is 6.92 Å². The maximum absolute atomic E-state index is 12.8. The Morgan fingerprint density at radius 1 is 1.12 bits per heavy atom. The Labute approximate surface area is 240 Å². The first-order valence-electron chi connectivity index (χ1n) is 13.0. The van der Waals surface area contributed by atoms with Gasteiger partial charge in [0.2, 0.25) is 21.9 Å². The Balaban J connectivity index is 1.75. The number of likely N-dealkylation sites (N-methyl/N-ethyl adjacent to an activating group) is 2. The lowest BCUT2D eigenvalue weighted by molar-refractivity contribution is -0.111. The normalized spacial score (nSPS) is 11.5. The lowest BCUT2D eigenvalue weighted by Gasteiger charge is -2.26. The van der Waals surface area contributed by atoms with E-state index in [1.165, 1.54) is 10.0 Å². The molecule has 216 valence electrons. The van der Waals surface area contributed by atoms with Gasteiger partial charge in [-0.05, 0) is 45.3 Å². The van der Waals surface area contributed by atoms with Gasteiger partial charge in [0.1, 0.15) is 5.75 Å². The summed E-state index contributed by atoms with van der Waals surface area (Å²) in [6, 6.07) is 12.6. The molecule has 2 N–H and O–H groups in total. The Morgan fingerprint density at radius 3 is 2.56 bits per heavy atom. The number of nitrogens with one attached hydrogen (secondary N) is 2. The highest BCUT2D eigenvalue weighted by Gasteiger charge is 2.20. The number of aromatic nitrogens is 3.